The molecule has 0 amide bonds. The van der Waals surface area contributed by atoms with Gasteiger partial charge in [0, 0.05) is 26.2 Å². The molecule has 1 heterocycles. The zero-order valence-corrected chi connectivity index (χ0v) is 15.3. The number of nitrogens with two attached hydrogens (primary N) is 1. The molecule has 0 aromatic carbocycles. The van der Waals surface area contributed by atoms with Gasteiger partial charge >= 0.3 is 5.97 Å². The minimum atomic E-state index is -0.456. The number of hydrogen-bond donors (Lipinski definition) is 1. The SMILES string of the molecule is C=C(/N=C(N)\C(=C/C)C(=O)OCC)N1CCN(C)CC1.CCC. The molecular weight excluding hydrogens is 292 g/mol. The molecule has 1 fully saturated rings. The van der Waals surface area contributed by atoms with Gasteiger partial charge in [0.2, 0.25) is 0 Å². The highest BCUT2D eigenvalue weighted by molar-refractivity contribution is 6.18. The highest BCUT2D eigenvalue weighted by atomic mass is 16.5. The van der Waals surface area contributed by atoms with E-state index in [1.165, 1.54) is 6.42 Å². The topological polar surface area (TPSA) is 71.2 Å². The number of allylic oxidation sites excluding steroid dienone is 1. The van der Waals surface area contributed by atoms with Crippen molar-refractivity contribution in [2.75, 3.05) is 39.8 Å². The van der Waals surface area contributed by atoms with Crippen LogP contribution in [0.4, 0.5) is 0 Å². The molecule has 0 unspecified atom stereocenters. The van der Waals surface area contributed by atoms with Crippen molar-refractivity contribution in [2.45, 2.75) is 34.1 Å². The molecule has 0 aromatic rings. The van der Waals surface area contributed by atoms with Crippen molar-refractivity contribution in [3.05, 3.63) is 24.0 Å². The van der Waals surface area contributed by atoms with E-state index in [-0.39, 0.29) is 11.4 Å². The Balaban J connectivity index is 0.00000149. The van der Waals surface area contributed by atoms with Crippen LogP contribution in [-0.2, 0) is 9.53 Å². The van der Waals surface area contributed by atoms with Crippen molar-refractivity contribution < 1.29 is 9.53 Å². The molecule has 23 heavy (non-hydrogen) atoms. The van der Waals surface area contributed by atoms with Crippen LogP contribution in [0.3, 0.4) is 0 Å². The second-order valence-electron chi connectivity index (χ2n) is 5.33. The third-order valence-electron chi connectivity index (χ3n) is 3.18. The predicted octanol–water partition coefficient (Wildman–Crippen LogP) is 1.99. The van der Waals surface area contributed by atoms with Gasteiger partial charge in [0.05, 0.1) is 12.2 Å². The maximum absolute atomic E-state index is 11.7. The van der Waals surface area contributed by atoms with Crippen molar-refractivity contribution in [2.24, 2.45) is 10.7 Å². The van der Waals surface area contributed by atoms with Crippen molar-refractivity contribution in [3.8, 4) is 0 Å². The Morgan fingerprint density at radius 3 is 2.22 bits per heavy atom. The Morgan fingerprint density at radius 2 is 1.78 bits per heavy atom. The number of ether oxygens (including phenoxy) is 1. The van der Waals surface area contributed by atoms with Crippen LogP contribution in [0.15, 0.2) is 29.0 Å². The average Bonchev–Trinajstić information content (AvgIpc) is 2.49. The third kappa shape index (κ3) is 7.83. The number of piperazine rings is 1. The summed E-state index contributed by atoms with van der Waals surface area (Å²) in [6.45, 7) is 15.6. The molecule has 0 atom stereocenters. The van der Waals surface area contributed by atoms with E-state index in [0.29, 0.717) is 12.4 Å². The zero-order valence-electron chi connectivity index (χ0n) is 15.3. The zero-order chi connectivity index (χ0) is 17.8. The molecule has 0 radical (unpaired) electrons. The number of carbonyl (C=O) groups is 1. The maximum Gasteiger partial charge on any atom is 0.341 e. The standard InChI is InChI=1S/C14H24N4O2.C3H8/c1-5-12(14(19)20-6-2)13(15)16-11(3)18-9-7-17(4)8-10-18;1-3-2/h5H,3,6-10H2,1-2,4H3,(H2,15,16);3H2,1-2H3/b12-5+;. The Bertz CT molecular complexity index is 436. The largest absolute Gasteiger partial charge is 0.462 e. The molecule has 0 aliphatic carbocycles. The Morgan fingerprint density at radius 1 is 1.26 bits per heavy atom. The number of amidine groups is 1. The number of esters is 1. The number of carbonyl (C=O) groups excluding carboxylic acids is 1. The van der Waals surface area contributed by atoms with Crippen LogP contribution in [-0.4, -0.2) is 61.4 Å². The normalized spacial score (nSPS) is 16.5. The molecule has 1 saturated heterocycles. The Hall–Kier alpha value is -1.82. The van der Waals surface area contributed by atoms with Gasteiger partial charge < -0.3 is 20.3 Å². The fraction of sp³-hybridized carbons (Fsp3) is 0.647. The van der Waals surface area contributed by atoms with Crippen molar-refractivity contribution in [3.63, 3.8) is 0 Å². The number of rotatable bonds is 5. The maximum atomic E-state index is 11.7. The van der Waals surface area contributed by atoms with E-state index in [1.807, 2.05) is 0 Å². The molecule has 1 rings (SSSR count). The minimum absolute atomic E-state index is 0.148. The Kier molecular flexibility index (Phi) is 10.8. The first kappa shape index (κ1) is 21.2. The lowest BCUT2D eigenvalue weighted by atomic mass is 10.2. The van der Waals surface area contributed by atoms with Crippen LogP contribution in [0.1, 0.15) is 34.1 Å². The highest BCUT2D eigenvalue weighted by Crippen LogP contribution is 2.09. The van der Waals surface area contributed by atoms with Gasteiger partial charge in [-0.3, -0.25) is 0 Å². The Labute approximate surface area is 140 Å². The summed E-state index contributed by atoms with van der Waals surface area (Å²) in [4.78, 5) is 20.3. The van der Waals surface area contributed by atoms with Crippen LogP contribution in [0.5, 0.6) is 0 Å². The predicted molar refractivity (Wildman–Crippen MR) is 96.2 cm³/mol. The van der Waals surface area contributed by atoms with Gasteiger partial charge in [-0.2, -0.15) is 0 Å². The van der Waals surface area contributed by atoms with Gasteiger partial charge in [0.1, 0.15) is 11.7 Å². The number of aliphatic imine (C=N–C) groups is 1. The summed E-state index contributed by atoms with van der Waals surface area (Å²) in [5.41, 5.74) is 6.16. The second-order valence-corrected chi connectivity index (χ2v) is 5.33. The molecule has 1 aliphatic rings. The second kappa shape index (κ2) is 11.7. The molecule has 6 nitrogen and oxygen atoms in total. The summed E-state index contributed by atoms with van der Waals surface area (Å²) < 4.78 is 4.94. The molecule has 0 aromatic heterocycles. The number of hydrogen-bond acceptors (Lipinski definition) is 5. The van der Waals surface area contributed by atoms with Gasteiger partial charge in [-0.25, -0.2) is 9.79 Å². The van der Waals surface area contributed by atoms with Crippen LogP contribution in [0.2, 0.25) is 0 Å². The number of nitrogens with zero attached hydrogens (tertiary/aromatic N) is 3. The van der Waals surface area contributed by atoms with Gasteiger partial charge in [-0.15, -0.1) is 0 Å². The summed E-state index contributed by atoms with van der Waals surface area (Å²) in [6.07, 6.45) is 2.86. The molecular formula is C17H32N4O2. The van der Waals surface area contributed by atoms with E-state index >= 15 is 0 Å². The van der Waals surface area contributed by atoms with Crippen molar-refractivity contribution in [1.82, 2.24) is 9.80 Å². The lowest BCUT2D eigenvalue weighted by Crippen LogP contribution is -2.43. The van der Waals surface area contributed by atoms with Gasteiger partial charge in [-0.05, 0) is 20.9 Å². The summed E-state index contributed by atoms with van der Waals surface area (Å²) in [7, 11) is 2.08. The smallest absolute Gasteiger partial charge is 0.341 e. The van der Waals surface area contributed by atoms with Crippen molar-refractivity contribution in [1.29, 1.82) is 0 Å². The fourth-order valence-electron chi connectivity index (χ4n) is 1.91. The van der Waals surface area contributed by atoms with E-state index in [4.69, 9.17) is 10.5 Å². The van der Waals surface area contributed by atoms with Crippen LogP contribution in [0, 0.1) is 0 Å². The summed E-state index contributed by atoms with van der Waals surface area (Å²) >= 11 is 0. The molecule has 2 N–H and O–H groups in total. The van der Waals surface area contributed by atoms with Gasteiger partial charge in [-0.1, -0.05) is 32.9 Å². The first-order valence-electron chi connectivity index (χ1n) is 8.21. The molecule has 1 aliphatic heterocycles. The first-order chi connectivity index (χ1) is 10.9. The molecule has 0 bridgehead atoms. The summed E-state index contributed by atoms with van der Waals surface area (Å²) in [5, 5.41) is 0. The molecule has 0 saturated carbocycles. The first-order valence-corrected chi connectivity index (χ1v) is 8.21. The van der Waals surface area contributed by atoms with Crippen LogP contribution < -0.4 is 5.73 Å². The molecule has 0 spiro atoms. The van der Waals surface area contributed by atoms with Crippen molar-refractivity contribution >= 4 is 11.8 Å². The molecule has 6 heteroatoms. The van der Waals surface area contributed by atoms with E-state index in [9.17, 15) is 4.79 Å². The quantitative estimate of drug-likeness (QED) is 0.362. The average molecular weight is 324 g/mol. The fourth-order valence-corrected chi connectivity index (χ4v) is 1.91. The highest BCUT2D eigenvalue weighted by Gasteiger charge is 2.17. The molecule has 132 valence electrons. The third-order valence-corrected chi connectivity index (χ3v) is 3.18. The van der Waals surface area contributed by atoms with Crippen LogP contribution in [0.25, 0.3) is 0 Å². The minimum Gasteiger partial charge on any atom is -0.462 e. The van der Waals surface area contributed by atoms with Gasteiger partial charge in [0.15, 0.2) is 0 Å². The van der Waals surface area contributed by atoms with Gasteiger partial charge in [0.25, 0.3) is 0 Å². The van der Waals surface area contributed by atoms with E-state index < -0.39 is 5.97 Å². The lowest BCUT2D eigenvalue weighted by Gasteiger charge is -2.33. The summed E-state index contributed by atoms with van der Waals surface area (Å²) in [5.74, 6) is 0.275. The van der Waals surface area contributed by atoms with E-state index in [0.717, 1.165) is 26.2 Å². The van der Waals surface area contributed by atoms with Crippen LogP contribution >= 0.6 is 0 Å². The van der Waals surface area contributed by atoms with E-state index in [2.05, 4.69) is 42.3 Å². The van der Waals surface area contributed by atoms with E-state index in [1.54, 1.807) is 19.9 Å². The number of likely N-dealkylation sites (N-methyl/N-ethyl adjacent to an activating group) is 1. The lowest BCUT2D eigenvalue weighted by molar-refractivity contribution is -0.137. The summed E-state index contributed by atoms with van der Waals surface area (Å²) in [6, 6.07) is 0. The monoisotopic (exact) mass is 324 g/mol.